The van der Waals surface area contributed by atoms with Gasteiger partial charge in [0.25, 0.3) is 0 Å². The zero-order chi connectivity index (χ0) is 37.7. The topological polar surface area (TPSA) is 51.2 Å². The molecule has 0 bridgehead atoms. The third-order valence-electron chi connectivity index (χ3n) is 9.11. The summed E-state index contributed by atoms with van der Waals surface area (Å²) in [6.07, 6.45) is 4.77. The Morgan fingerprint density at radius 3 is 1.34 bits per heavy atom. The monoisotopic (exact) mass is 700 g/mol. The molecule has 2 atom stereocenters. The number of benzene rings is 6. The summed E-state index contributed by atoms with van der Waals surface area (Å²) in [6, 6.07) is 57.6. The number of carbonyl (C=O) groups excluding carboxylic acids is 3. The summed E-state index contributed by atoms with van der Waals surface area (Å²) in [7, 11) is 0. The molecule has 0 spiro atoms. The summed E-state index contributed by atoms with van der Waals surface area (Å²) in [6.45, 7) is 6.24. The quantitative estimate of drug-likeness (QED) is 0.106. The highest BCUT2D eigenvalue weighted by Gasteiger charge is 2.15. The third kappa shape index (κ3) is 14.5. The van der Waals surface area contributed by atoms with Gasteiger partial charge in [-0.25, -0.2) is 0 Å². The Morgan fingerprint density at radius 2 is 0.849 bits per heavy atom. The minimum Gasteiger partial charge on any atom is -0.294 e. The first-order chi connectivity index (χ1) is 25.8. The van der Waals surface area contributed by atoms with Crippen molar-refractivity contribution in [2.24, 2.45) is 11.8 Å². The second kappa shape index (κ2) is 22.3. The molecule has 6 aromatic rings. The van der Waals surface area contributed by atoms with Crippen molar-refractivity contribution >= 4 is 17.3 Å². The van der Waals surface area contributed by atoms with Crippen LogP contribution >= 0.6 is 0 Å². The van der Waals surface area contributed by atoms with Crippen molar-refractivity contribution in [1.82, 2.24) is 0 Å². The number of aryl methyl sites for hydroxylation is 2. The van der Waals surface area contributed by atoms with Crippen molar-refractivity contribution < 1.29 is 14.4 Å². The van der Waals surface area contributed by atoms with E-state index in [0.717, 1.165) is 42.4 Å². The van der Waals surface area contributed by atoms with Gasteiger partial charge in [-0.3, -0.25) is 14.4 Å². The predicted molar refractivity (Wildman–Crippen MR) is 220 cm³/mol. The average Bonchev–Trinajstić information content (AvgIpc) is 3.22. The molecule has 0 aliphatic heterocycles. The number of carbonyl (C=O) groups is 3. The normalized spacial score (nSPS) is 11.5. The molecule has 0 fully saturated rings. The first-order valence-electron chi connectivity index (χ1n) is 18.7. The van der Waals surface area contributed by atoms with Gasteiger partial charge in [0.2, 0.25) is 0 Å². The molecular weight excluding hydrogens is 649 g/mol. The van der Waals surface area contributed by atoms with Crippen LogP contribution in [0.3, 0.4) is 0 Å². The highest BCUT2D eigenvalue weighted by molar-refractivity contribution is 5.98. The van der Waals surface area contributed by atoms with E-state index in [0.29, 0.717) is 18.8 Å². The van der Waals surface area contributed by atoms with Gasteiger partial charge >= 0.3 is 0 Å². The molecule has 0 aromatic heterocycles. The van der Waals surface area contributed by atoms with Gasteiger partial charge in [-0.15, -0.1) is 0 Å². The summed E-state index contributed by atoms with van der Waals surface area (Å²) in [5, 5.41) is 0. The van der Waals surface area contributed by atoms with Crippen LogP contribution in [-0.2, 0) is 25.7 Å². The second-order valence-electron chi connectivity index (χ2n) is 13.6. The molecule has 0 aliphatic rings. The minimum absolute atomic E-state index is 0.0276. The van der Waals surface area contributed by atoms with E-state index in [-0.39, 0.29) is 23.3 Å². The van der Waals surface area contributed by atoms with Crippen LogP contribution in [0.5, 0.6) is 0 Å². The summed E-state index contributed by atoms with van der Waals surface area (Å²) >= 11 is 0. The molecule has 270 valence electrons. The van der Waals surface area contributed by atoms with Crippen LogP contribution < -0.4 is 0 Å². The third-order valence-corrected chi connectivity index (χ3v) is 9.11. The number of ketones is 3. The fraction of sp³-hybridized carbons (Fsp3) is 0.220. The smallest absolute Gasteiger partial charge is 0.165 e. The molecule has 2 unspecified atom stereocenters. The highest BCUT2D eigenvalue weighted by Crippen LogP contribution is 2.16. The number of hydrogen-bond donors (Lipinski definition) is 0. The van der Waals surface area contributed by atoms with E-state index in [1.165, 1.54) is 22.3 Å². The Labute approximate surface area is 316 Å². The predicted octanol–water partition coefficient (Wildman–Crippen LogP) is 12.0. The van der Waals surface area contributed by atoms with Gasteiger partial charge < -0.3 is 0 Å². The molecule has 6 rings (SSSR count). The average molecular weight is 701 g/mol. The van der Waals surface area contributed by atoms with Gasteiger partial charge in [0, 0.05) is 35.4 Å². The Morgan fingerprint density at radius 1 is 0.434 bits per heavy atom. The van der Waals surface area contributed by atoms with Crippen LogP contribution in [-0.4, -0.2) is 17.3 Å². The number of rotatable bonds is 14. The number of hydrogen-bond acceptors (Lipinski definition) is 3. The van der Waals surface area contributed by atoms with Crippen molar-refractivity contribution in [3.05, 3.63) is 215 Å². The Hall–Kier alpha value is -5.67. The Bertz CT molecular complexity index is 1920. The van der Waals surface area contributed by atoms with Crippen molar-refractivity contribution in [2.45, 2.75) is 59.3 Å². The summed E-state index contributed by atoms with van der Waals surface area (Å²) in [4.78, 5) is 36.2. The van der Waals surface area contributed by atoms with E-state index < -0.39 is 0 Å². The maximum atomic E-state index is 12.1. The maximum absolute atomic E-state index is 12.1. The molecule has 0 heterocycles. The van der Waals surface area contributed by atoms with E-state index in [1.54, 1.807) is 0 Å². The molecule has 3 heteroatoms. The Kier molecular flexibility index (Phi) is 16.9. The fourth-order valence-corrected chi connectivity index (χ4v) is 6.07. The number of Topliss-reactive ketones (excluding diaryl/α,β-unsaturated/α-hetero) is 3. The molecule has 53 heavy (non-hydrogen) atoms. The van der Waals surface area contributed by atoms with Crippen LogP contribution in [0.2, 0.25) is 0 Å². The van der Waals surface area contributed by atoms with Gasteiger partial charge in [0.1, 0.15) is 0 Å². The molecule has 0 aliphatic carbocycles. The van der Waals surface area contributed by atoms with Crippen molar-refractivity contribution in [3.8, 4) is 0 Å². The van der Waals surface area contributed by atoms with E-state index in [1.807, 2.05) is 146 Å². The van der Waals surface area contributed by atoms with Gasteiger partial charge in [0.05, 0.1) is 0 Å². The SMILES string of the molecule is CC(CC(=O)c1ccccc1)Cc1ccccc1.CC(Cc1ccccc1)C(=O)c1ccccc1.CCc1ccc(C(=O)CCc2ccccc2)cc1. The second-order valence-corrected chi connectivity index (χ2v) is 13.6. The maximum Gasteiger partial charge on any atom is 0.165 e. The van der Waals surface area contributed by atoms with Crippen LogP contribution in [0, 0.1) is 11.8 Å². The molecule has 0 saturated carbocycles. The van der Waals surface area contributed by atoms with Gasteiger partial charge in [0.15, 0.2) is 17.3 Å². The molecule has 0 amide bonds. The lowest BCUT2D eigenvalue weighted by atomic mass is 9.93. The molecule has 0 N–H and O–H groups in total. The minimum atomic E-state index is 0.0276. The van der Waals surface area contributed by atoms with E-state index in [9.17, 15) is 14.4 Å². The van der Waals surface area contributed by atoms with E-state index in [2.05, 4.69) is 50.2 Å². The first-order valence-corrected chi connectivity index (χ1v) is 18.7. The summed E-state index contributed by atoms with van der Waals surface area (Å²) < 4.78 is 0. The molecule has 6 aromatic carbocycles. The molecule has 0 radical (unpaired) electrons. The van der Waals surface area contributed by atoms with Crippen LogP contribution in [0.25, 0.3) is 0 Å². The van der Waals surface area contributed by atoms with Crippen molar-refractivity contribution in [1.29, 1.82) is 0 Å². The van der Waals surface area contributed by atoms with Crippen LogP contribution in [0.15, 0.2) is 176 Å². The fourth-order valence-electron chi connectivity index (χ4n) is 6.07. The van der Waals surface area contributed by atoms with Crippen molar-refractivity contribution in [3.63, 3.8) is 0 Å². The molecular formula is C50H52O3. The van der Waals surface area contributed by atoms with Gasteiger partial charge in [-0.05, 0) is 53.9 Å². The van der Waals surface area contributed by atoms with Crippen LogP contribution in [0.1, 0.15) is 86.9 Å². The highest BCUT2D eigenvalue weighted by atomic mass is 16.1. The zero-order valence-corrected chi connectivity index (χ0v) is 31.4. The lowest BCUT2D eigenvalue weighted by Gasteiger charge is -2.10. The largest absolute Gasteiger partial charge is 0.294 e. The lowest BCUT2D eigenvalue weighted by molar-refractivity contribution is 0.0927. The zero-order valence-electron chi connectivity index (χ0n) is 31.4. The Balaban J connectivity index is 0.000000178. The molecule has 0 saturated heterocycles. The van der Waals surface area contributed by atoms with Gasteiger partial charge in [-0.2, -0.15) is 0 Å². The van der Waals surface area contributed by atoms with Gasteiger partial charge in [-0.1, -0.05) is 197 Å². The first kappa shape index (κ1) is 40.1. The molecule has 3 nitrogen and oxygen atoms in total. The lowest BCUT2D eigenvalue weighted by Crippen LogP contribution is -2.13. The van der Waals surface area contributed by atoms with Crippen LogP contribution in [0.4, 0.5) is 0 Å². The summed E-state index contributed by atoms with van der Waals surface area (Å²) in [5.41, 5.74) is 7.44. The van der Waals surface area contributed by atoms with E-state index in [4.69, 9.17) is 0 Å². The van der Waals surface area contributed by atoms with Crippen molar-refractivity contribution in [2.75, 3.05) is 0 Å². The standard InChI is InChI=1S/2C17H18O.C16H16O/c1-14(12-15-8-4-2-5-9-15)13-17(18)16-10-6-3-7-11-16;1-2-14-8-11-16(12-9-14)17(18)13-10-15-6-4-3-5-7-15;1-13(12-14-8-4-2-5-9-14)16(17)15-10-6-3-7-11-15/h2-11,14H,12-13H2,1H3;3-9,11-12H,2,10,13H2,1H3;2-11,13H,12H2,1H3. The summed E-state index contributed by atoms with van der Waals surface area (Å²) in [5.74, 6) is 1.08. The van der Waals surface area contributed by atoms with E-state index >= 15 is 0 Å².